The lowest BCUT2D eigenvalue weighted by molar-refractivity contribution is 1.18. The van der Waals surface area contributed by atoms with E-state index in [1.165, 1.54) is 91.7 Å². The molecule has 0 spiro atoms. The average Bonchev–Trinajstić information content (AvgIpc) is 3.85. The minimum Gasteiger partial charge on any atom is -0.309 e. The highest BCUT2D eigenvalue weighted by atomic mass is 32.1. The van der Waals surface area contributed by atoms with Crippen molar-refractivity contribution >= 4 is 75.1 Å². The standard InChI is InChI=1S/C48H30N2S/c1-2-11-34(12-3-1)50-42-17-7-4-13-37(42)38-27-23-33(30-45(38)50)36-16-10-19-44-48(36)40-15-5-8-18-43(40)49(44)35-25-21-31(22-26-35)32-24-28-47-41(29-32)39-14-6-9-20-46(39)51-47/h1-30H. The third-order valence-corrected chi connectivity index (χ3v) is 11.7. The number of para-hydroxylation sites is 3. The Morgan fingerprint density at radius 1 is 0.314 bits per heavy atom. The normalized spacial score (nSPS) is 11.9. The molecule has 0 radical (unpaired) electrons. The summed E-state index contributed by atoms with van der Waals surface area (Å²) >= 11 is 1.86. The molecule has 238 valence electrons. The summed E-state index contributed by atoms with van der Waals surface area (Å²) in [4.78, 5) is 0. The van der Waals surface area contributed by atoms with Crippen LogP contribution in [0.3, 0.4) is 0 Å². The fourth-order valence-electron chi connectivity index (χ4n) is 8.24. The fourth-order valence-corrected chi connectivity index (χ4v) is 9.33. The summed E-state index contributed by atoms with van der Waals surface area (Å²) in [6.07, 6.45) is 0. The number of aromatic nitrogens is 2. The largest absolute Gasteiger partial charge is 0.309 e. The molecule has 0 aliphatic carbocycles. The lowest BCUT2D eigenvalue weighted by Crippen LogP contribution is -1.94. The second kappa shape index (κ2) is 11.0. The van der Waals surface area contributed by atoms with Gasteiger partial charge in [0.15, 0.2) is 0 Å². The van der Waals surface area contributed by atoms with Crippen LogP contribution in [0.4, 0.5) is 0 Å². The van der Waals surface area contributed by atoms with Gasteiger partial charge in [-0.3, -0.25) is 0 Å². The van der Waals surface area contributed by atoms with Crippen molar-refractivity contribution in [2.75, 3.05) is 0 Å². The summed E-state index contributed by atoms with van der Waals surface area (Å²) in [5, 5.41) is 7.72. The van der Waals surface area contributed by atoms with E-state index < -0.39 is 0 Å². The Labute approximate surface area is 298 Å². The Morgan fingerprint density at radius 3 is 1.75 bits per heavy atom. The number of benzene rings is 8. The average molecular weight is 667 g/mol. The lowest BCUT2D eigenvalue weighted by Gasteiger charge is -2.11. The molecule has 0 aliphatic rings. The highest BCUT2D eigenvalue weighted by molar-refractivity contribution is 7.25. The van der Waals surface area contributed by atoms with Crippen molar-refractivity contribution in [1.82, 2.24) is 9.13 Å². The van der Waals surface area contributed by atoms with Crippen molar-refractivity contribution in [1.29, 1.82) is 0 Å². The number of hydrogen-bond donors (Lipinski definition) is 0. The first kappa shape index (κ1) is 28.4. The number of thiophene rings is 1. The highest BCUT2D eigenvalue weighted by Crippen LogP contribution is 2.42. The molecule has 3 aromatic heterocycles. The molecular weight excluding hydrogens is 637 g/mol. The minimum atomic E-state index is 1.16. The smallest absolute Gasteiger partial charge is 0.0547 e. The highest BCUT2D eigenvalue weighted by Gasteiger charge is 2.18. The van der Waals surface area contributed by atoms with E-state index in [4.69, 9.17) is 0 Å². The summed E-state index contributed by atoms with van der Waals surface area (Å²) in [5.41, 5.74) is 12.1. The van der Waals surface area contributed by atoms with E-state index in [9.17, 15) is 0 Å². The predicted octanol–water partition coefficient (Wildman–Crippen LogP) is 13.6. The van der Waals surface area contributed by atoms with E-state index >= 15 is 0 Å². The van der Waals surface area contributed by atoms with Gasteiger partial charge in [-0.2, -0.15) is 0 Å². The zero-order valence-electron chi connectivity index (χ0n) is 27.6. The number of nitrogens with zero attached hydrogens (tertiary/aromatic N) is 2. The third kappa shape index (κ3) is 4.29. The maximum Gasteiger partial charge on any atom is 0.0547 e. The Hall–Kier alpha value is -6.42. The van der Waals surface area contributed by atoms with Crippen LogP contribution in [-0.2, 0) is 0 Å². The summed E-state index contributed by atoms with van der Waals surface area (Å²) < 4.78 is 7.49. The predicted molar refractivity (Wildman–Crippen MR) is 219 cm³/mol. The van der Waals surface area contributed by atoms with Crippen LogP contribution in [0.15, 0.2) is 182 Å². The Bertz CT molecular complexity index is 3120. The van der Waals surface area contributed by atoms with Crippen LogP contribution in [0.5, 0.6) is 0 Å². The van der Waals surface area contributed by atoms with Gasteiger partial charge in [0.1, 0.15) is 0 Å². The van der Waals surface area contributed by atoms with Gasteiger partial charge in [0, 0.05) is 53.1 Å². The molecule has 0 bridgehead atoms. The van der Waals surface area contributed by atoms with Crippen LogP contribution < -0.4 is 0 Å². The Balaban J connectivity index is 1.08. The van der Waals surface area contributed by atoms with Crippen LogP contribution >= 0.6 is 11.3 Å². The number of hydrogen-bond acceptors (Lipinski definition) is 1. The molecular formula is C48H30N2S. The van der Waals surface area contributed by atoms with Gasteiger partial charge in [0.25, 0.3) is 0 Å². The van der Waals surface area contributed by atoms with Crippen molar-refractivity contribution in [2.24, 2.45) is 0 Å². The zero-order valence-corrected chi connectivity index (χ0v) is 28.4. The van der Waals surface area contributed by atoms with Crippen molar-refractivity contribution in [3.05, 3.63) is 182 Å². The molecule has 0 N–H and O–H groups in total. The fraction of sp³-hybridized carbons (Fsp3) is 0. The molecule has 0 saturated heterocycles. The van der Waals surface area contributed by atoms with Gasteiger partial charge in [-0.1, -0.05) is 115 Å². The zero-order chi connectivity index (χ0) is 33.5. The quantitative estimate of drug-likeness (QED) is 0.177. The van der Waals surface area contributed by atoms with E-state index in [1.807, 2.05) is 11.3 Å². The van der Waals surface area contributed by atoms with E-state index in [2.05, 4.69) is 191 Å². The van der Waals surface area contributed by atoms with Crippen molar-refractivity contribution < 1.29 is 0 Å². The van der Waals surface area contributed by atoms with Crippen molar-refractivity contribution in [3.63, 3.8) is 0 Å². The van der Waals surface area contributed by atoms with Crippen LogP contribution in [0, 0.1) is 0 Å². The van der Waals surface area contributed by atoms with Crippen molar-refractivity contribution in [2.45, 2.75) is 0 Å². The van der Waals surface area contributed by atoms with Gasteiger partial charge in [-0.05, 0) is 89.0 Å². The molecule has 11 rings (SSSR count). The molecule has 3 heteroatoms. The first-order chi connectivity index (χ1) is 25.3. The summed E-state index contributed by atoms with van der Waals surface area (Å²) in [5.74, 6) is 0. The molecule has 11 aromatic rings. The molecule has 3 heterocycles. The summed E-state index contributed by atoms with van der Waals surface area (Å²) in [6, 6.07) is 66.7. The van der Waals surface area contributed by atoms with Gasteiger partial charge in [0.2, 0.25) is 0 Å². The van der Waals surface area contributed by atoms with E-state index in [0.717, 1.165) is 5.69 Å². The lowest BCUT2D eigenvalue weighted by atomic mass is 9.98. The second-order valence-electron chi connectivity index (χ2n) is 13.3. The van der Waals surface area contributed by atoms with E-state index in [-0.39, 0.29) is 0 Å². The monoisotopic (exact) mass is 666 g/mol. The number of rotatable bonds is 4. The molecule has 8 aromatic carbocycles. The topological polar surface area (TPSA) is 9.86 Å². The van der Waals surface area contributed by atoms with E-state index in [1.54, 1.807) is 0 Å². The van der Waals surface area contributed by atoms with Gasteiger partial charge < -0.3 is 9.13 Å². The molecule has 0 atom stereocenters. The maximum atomic E-state index is 2.42. The van der Waals surface area contributed by atoms with E-state index in [0.29, 0.717) is 0 Å². The van der Waals surface area contributed by atoms with Crippen molar-refractivity contribution in [3.8, 4) is 33.6 Å². The molecule has 51 heavy (non-hydrogen) atoms. The molecule has 0 aliphatic heterocycles. The first-order valence-electron chi connectivity index (χ1n) is 17.4. The summed E-state index contributed by atoms with van der Waals surface area (Å²) in [6.45, 7) is 0. The summed E-state index contributed by atoms with van der Waals surface area (Å²) in [7, 11) is 0. The molecule has 0 amide bonds. The molecule has 0 unspecified atom stereocenters. The van der Waals surface area contributed by atoms with Gasteiger partial charge in [-0.15, -0.1) is 11.3 Å². The second-order valence-corrected chi connectivity index (χ2v) is 14.4. The van der Waals surface area contributed by atoms with Crippen LogP contribution in [0.25, 0.3) is 97.4 Å². The van der Waals surface area contributed by atoms with Gasteiger partial charge >= 0.3 is 0 Å². The third-order valence-electron chi connectivity index (χ3n) is 10.5. The maximum absolute atomic E-state index is 2.42. The minimum absolute atomic E-state index is 1.16. The first-order valence-corrected chi connectivity index (χ1v) is 18.3. The Kier molecular flexibility index (Phi) is 6.16. The van der Waals surface area contributed by atoms with Crippen LogP contribution in [-0.4, -0.2) is 9.13 Å². The molecule has 0 fully saturated rings. The SMILES string of the molecule is c1ccc(-n2c3ccccc3c3ccc(-c4cccc5c4c4ccccc4n5-c4ccc(-c5ccc6sc7ccccc7c6c5)cc4)cc32)cc1. The number of fused-ring (bicyclic) bond motifs is 9. The van der Waals surface area contributed by atoms with Crippen LogP contribution in [0.1, 0.15) is 0 Å². The van der Waals surface area contributed by atoms with Crippen LogP contribution in [0.2, 0.25) is 0 Å². The van der Waals surface area contributed by atoms with Gasteiger partial charge in [-0.25, -0.2) is 0 Å². The van der Waals surface area contributed by atoms with Gasteiger partial charge in [0.05, 0.1) is 22.1 Å². The molecule has 2 nitrogen and oxygen atoms in total. The molecule has 0 saturated carbocycles. The Morgan fingerprint density at radius 2 is 0.902 bits per heavy atom.